The van der Waals surface area contributed by atoms with Crippen molar-refractivity contribution in [3.8, 4) is 0 Å². The van der Waals surface area contributed by atoms with Crippen LogP contribution in [0.25, 0.3) is 5.41 Å². The number of benzene rings is 3. The second-order valence-corrected chi connectivity index (χ2v) is 9.40. The van der Waals surface area contributed by atoms with Crippen molar-refractivity contribution < 1.29 is 16.8 Å². The van der Waals surface area contributed by atoms with Gasteiger partial charge in [0.2, 0.25) is 0 Å². The van der Waals surface area contributed by atoms with Crippen molar-refractivity contribution in [2.75, 3.05) is 0 Å². The number of pyridine rings is 1. The second-order valence-electron chi connectivity index (χ2n) is 8.96. The fraction of sp³-hybridized carbons (Fsp3) is 0.188. The maximum absolute atomic E-state index is 8.46. The van der Waals surface area contributed by atoms with E-state index in [9.17, 15) is 0 Å². The van der Waals surface area contributed by atoms with Crippen molar-refractivity contribution in [1.29, 1.82) is 0 Å². The summed E-state index contributed by atoms with van der Waals surface area (Å²) < 4.78 is 0. The summed E-state index contributed by atoms with van der Waals surface area (Å²) in [6.45, 7) is 12.4. The fourth-order valence-corrected chi connectivity index (χ4v) is 3.93. The van der Waals surface area contributed by atoms with Gasteiger partial charge in [0.15, 0.2) is 0 Å². The van der Waals surface area contributed by atoms with Gasteiger partial charge in [0.25, 0.3) is 0 Å². The van der Waals surface area contributed by atoms with Gasteiger partial charge >= 0.3 is 0 Å². The van der Waals surface area contributed by atoms with Crippen LogP contribution in [-0.2, 0) is 16.8 Å². The SMILES string of the molecule is CC(=Nc1c(C)cccc1C)c1cccc(C(C)=Nc2c(C)cccc2C)n1.[Co].[N-]=Cc1ccc(Cl)cc1. The summed E-state index contributed by atoms with van der Waals surface area (Å²) >= 11 is 5.57. The maximum atomic E-state index is 8.46. The summed E-state index contributed by atoms with van der Waals surface area (Å²) in [6.07, 6.45) is 1.04. The van der Waals surface area contributed by atoms with Crippen LogP contribution in [0.1, 0.15) is 53.1 Å². The molecule has 0 saturated heterocycles. The minimum atomic E-state index is 0. The van der Waals surface area contributed by atoms with Crippen molar-refractivity contribution in [3.63, 3.8) is 0 Å². The van der Waals surface area contributed by atoms with Gasteiger partial charge in [-0.3, -0.25) is 9.98 Å². The van der Waals surface area contributed by atoms with E-state index in [2.05, 4.69) is 64.1 Å². The molecular formula is C32H32ClCoN4-. The predicted octanol–water partition coefficient (Wildman–Crippen LogP) is 8.92. The van der Waals surface area contributed by atoms with E-state index in [1.54, 1.807) is 24.3 Å². The van der Waals surface area contributed by atoms with E-state index >= 15 is 0 Å². The van der Waals surface area contributed by atoms with Gasteiger partial charge in [0.05, 0.1) is 34.2 Å². The van der Waals surface area contributed by atoms with Crippen molar-refractivity contribution >= 4 is 40.6 Å². The third-order valence-corrected chi connectivity index (χ3v) is 6.20. The Labute approximate surface area is 241 Å². The van der Waals surface area contributed by atoms with Crippen LogP contribution in [-0.4, -0.2) is 22.6 Å². The number of hydrogen-bond acceptors (Lipinski definition) is 3. The maximum Gasteiger partial charge on any atom is 0.0849 e. The zero-order chi connectivity index (χ0) is 26.9. The van der Waals surface area contributed by atoms with E-state index < -0.39 is 0 Å². The molecule has 1 aromatic heterocycles. The molecule has 4 nitrogen and oxygen atoms in total. The molecule has 0 aliphatic rings. The molecule has 1 radical (unpaired) electrons. The van der Waals surface area contributed by atoms with Crippen LogP contribution in [0, 0.1) is 27.7 Å². The Kier molecular flexibility index (Phi) is 11.8. The first kappa shape index (κ1) is 30.8. The van der Waals surface area contributed by atoms with Gasteiger partial charge in [0, 0.05) is 21.8 Å². The monoisotopic (exact) mass is 566 g/mol. The average molecular weight is 567 g/mol. The molecule has 0 spiro atoms. The van der Waals surface area contributed by atoms with E-state index in [0.717, 1.165) is 46.0 Å². The zero-order valence-electron chi connectivity index (χ0n) is 22.6. The molecule has 0 atom stereocenters. The molecule has 6 heteroatoms. The van der Waals surface area contributed by atoms with E-state index in [-0.39, 0.29) is 16.8 Å². The molecule has 0 fully saturated rings. The number of para-hydroxylation sites is 2. The van der Waals surface area contributed by atoms with Crippen LogP contribution in [0.4, 0.5) is 11.4 Å². The van der Waals surface area contributed by atoms with Gasteiger partial charge in [-0.15, -0.1) is 0 Å². The van der Waals surface area contributed by atoms with Gasteiger partial charge in [-0.1, -0.05) is 66.2 Å². The third kappa shape index (κ3) is 8.32. The van der Waals surface area contributed by atoms with Crippen molar-refractivity contribution in [1.82, 2.24) is 4.98 Å². The number of halogens is 1. The third-order valence-electron chi connectivity index (χ3n) is 5.95. The van der Waals surface area contributed by atoms with Gasteiger partial charge in [-0.05, 0) is 93.6 Å². The predicted molar refractivity (Wildman–Crippen MR) is 160 cm³/mol. The summed E-state index contributed by atoms with van der Waals surface area (Å²) in [5, 5.41) is 9.14. The van der Waals surface area contributed by atoms with Gasteiger partial charge < -0.3 is 5.41 Å². The van der Waals surface area contributed by atoms with Crippen molar-refractivity contribution in [2.45, 2.75) is 41.5 Å². The quantitative estimate of drug-likeness (QED) is 0.222. The Bertz CT molecular complexity index is 1330. The number of aryl methyl sites for hydroxylation is 4. The minimum absolute atomic E-state index is 0. The molecule has 197 valence electrons. The Morgan fingerprint density at radius 3 is 1.39 bits per heavy atom. The summed E-state index contributed by atoms with van der Waals surface area (Å²) in [5.74, 6) is 0. The van der Waals surface area contributed by atoms with E-state index in [1.165, 1.54) is 22.3 Å². The van der Waals surface area contributed by atoms with E-state index in [0.29, 0.717) is 5.02 Å². The fourth-order valence-electron chi connectivity index (χ4n) is 3.80. The molecule has 0 unspecified atom stereocenters. The Balaban J connectivity index is 0.000000430. The molecule has 38 heavy (non-hydrogen) atoms. The van der Waals surface area contributed by atoms with Crippen LogP contribution in [0.3, 0.4) is 0 Å². The number of hydrogen-bond donors (Lipinski definition) is 0. The molecule has 0 N–H and O–H groups in total. The molecule has 0 aliphatic heterocycles. The summed E-state index contributed by atoms with van der Waals surface area (Å²) in [6, 6.07) is 25.4. The minimum Gasteiger partial charge on any atom is -0.810 e. The molecular weight excluding hydrogens is 535 g/mol. The van der Waals surface area contributed by atoms with E-state index in [1.807, 2.05) is 32.0 Å². The van der Waals surface area contributed by atoms with Gasteiger partial charge in [-0.25, -0.2) is 4.98 Å². The molecule has 0 bridgehead atoms. The van der Waals surface area contributed by atoms with Gasteiger partial charge in [-0.2, -0.15) is 6.21 Å². The van der Waals surface area contributed by atoms with Crippen LogP contribution < -0.4 is 0 Å². The molecule has 1 heterocycles. The largest absolute Gasteiger partial charge is 0.810 e. The van der Waals surface area contributed by atoms with Gasteiger partial charge in [0.1, 0.15) is 0 Å². The normalized spacial score (nSPS) is 11.2. The standard InChI is InChI=1S/C25H27N3.C7H5ClN.Co/c1-16-10-7-11-17(2)24(16)26-20(5)22-14-9-15-23(28-22)21(6)27-25-18(3)12-8-13-19(25)4;8-7-3-1-6(5-9)2-4-7;/h7-15H,1-6H3;1-5H;/q;-1;. The Morgan fingerprint density at radius 1 is 0.658 bits per heavy atom. The molecule has 0 saturated carbocycles. The molecule has 4 rings (SSSR count). The van der Waals surface area contributed by atoms with Crippen LogP contribution in [0.5, 0.6) is 0 Å². The smallest absolute Gasteiger partial charge is 0.0849 e. The first-order chi connectivity index (χ1) is 17.7. The molecule has 0 aliphatic carbocycles. The number of nitrogens with zero attached hydrogens (tertiary/aromatic N) is 4. The Morgan fingerprint density at radius 2 is 1.03 bits per heavy atom. The van der Waals surface area contributed by atoms with Crippen LogP contribution in [0.15, 0.2) is 88.8 Å². The molecule has 3 aromatic carbocycles. The number of aromatic nitrogens is 1. The number of aliphatic imine (C=N–C) groups is 2. The van der Waals surface area contributed by atoms with E-state index in [4.69, 9.17) is 32.0 Å². The van der Waals surface area contributed by atoms with Crippen LogP contribution in [0.2, 0.25) is 5.02 Å². The van der Waals surface area contributed by atoms with Crippen molar-refractivity contribution in [3.05, 3.63) is 128 Å². The topological polar surface area (TPSA) is 59.9 Å². The molecule has 4 aromatic rings. The average Bonchev–Trinajstić information content (AvgIpc) is 2.89. The second kappa shape index (κ2) is 14.5. The Hall–Kier alpha value is -3.38. The first-order valence-electron chi connectivity index (χ1n) is 12.1. The first-order valence-corrected chi connectivity index (χ1v) is 12.5. The van der Waals surface area contributed by atoms with Crippen LogP contribution >= 0.6 is 11.6 Å². The molecule has 0 amide bonds. The number of rotatable bonds is 5. The van der Waals surface area contributed by atoms with Crippen molar-refractivity contribution in [2.24, 2.45) is 9.98 Å². The summed E-state index contributed by atoms with van der Waals surface area (Å²) in [5.41, 5.74) is 11.0. The summed E-state index contributed by atoms with van der Waals surface area (Å²) in [4.78, 5) is 14.5. The zero-order valence-corrected chi connectivity index (χ0v) is 24.4. The summed E-state index contributed by atoms with van der Waals surface area (Å²) in [7, 11) is 0.